The molecule has 6 nitrogen and oxygen atoms in total. The molecular formula is C23H25N3O3S2. The lowest BCUT2D eigenvalue weighted by Crippen LogP contribution is -2.26. The van der Waals surface area contributed by atoms with Crippen molar-refractivity contribution in [2.45, 2.75) is 30.8 Å². The van der Waals surface area contributed by atoms with Crippen LogP contribution in [0.1, 0.15) is 32.8 Å². The van der Waals surface area contributed by atoms with Crippen LogP contribution in [0.2, 0.25) is 0 Å². The topological polar surface area (TPSA) is 78.5 Å². The van der Waals surface area contributed by atoms with Gasteiger partial charge in [0, 0.05) is 42.8 Å². The first-order valence-corrected chi connectivity index (χ1v) is 12.5. The maximum Gasteiger partial charge on any atom is 0.251 e. The molecule has 0 saturated carbocycles. The van der Waals surface area contributed by atoms with E-state index >= 15 is 0 Å². The smallest absolute Gasteiger partial charge is 0.251 e. The standard InChI is InChI=1S/C23H25N3O3S2/c1-26-12-2-4-19-14-17(6-11-22(19)26)15-24-23(27)18-7-9-21(10-8-18)31(28,29)25-16-20-5-3-13-30-20/h3,5-11,13-14,25H,2,4,12,15-16H2,1H3,(H,24,27). The van der Waals surface area contributed by atoms with Gasteiger partial charge in [-0.25, -0.2) is 13.1 Å². The predicted molar refractivity (Wildman–Crippen MR) is 124 cm³/mol. The van der Waals surface area contributed by atoms with Crippen LogP contribution in [0.5, 0.6) is 0 Å². The molecule has 8 heteroatoms. The number of carbonyl (C=O) groups excluding carboxylic acids is 1. The Morgan fingerprint density at radius 1 is 1.10 bits per heavy atom. The van der Waals surface area contributed by atoms with E-state index in [2.05, 4.69) is 34.1 Å². The summed E-state index contributed by atoms with van der Waals surface area (Å²) < 4.78 is 27.5. The van der Waals surface area contributed by atoms with Gasteiger partial charge >= 0.3 is 0 Å². The lowest BCUT2D eigenvalue weighted by Gasteiger charge is -2.27. The highest BCUT2D eigenvalue weighted by Crippen LogP contribution is 2.26. The van der Waals surface area contributed by atoms with Gasteiger partial charge in [0.1, 0.15) is 0 Å². The quantitative estimate of drug-likeness (QED) is 0.571. The highest BCUT2D eigenvalue weighted by Gasteiger charge is 2.16. The van der Waals surface area contributed by atoms with Crippen LogP contribution in [0.3, 0.4) is 0 Å². The van der Waals surface area contributed by atoms with Crippen molar-refractivity contribution in [3.05, 3.63) is 81.5 Å². The number of thiophene rings is 1. The molecule has 0 unspecified atom stereocenters. The summed E-state index contributed by atoms with van der Waals surface area (Å²) in [4.78, 5) is 15.9. The number of fused-ring (bicyclic) bond motifs is 1. The summed E-state index contributed by atoms with van der Waals surface area (Å²) in [6.07, 6.45) is 2.19. The highest BCUT2D eigenvalue weighted by molar-refractivity contribution is 7.89. The normalized spacial score (nSPS) is 13.6. The molecule has 31 heavy (non-hydrogen) atoms. The van der Waals surface area contributed by atoms with Gasteiger partial charge in [0.25, 0.3) is 5.91 Å². The molecule has 0 bridgehead atoms. The number of nitrogens with zero attached hydrogens (tertiary/aromatic N) is 1. The molecule has 162 valence electrons. The number of sulfonamides is 1. The largest absolute Gasteiger partial charge is 0.374 e. The van der Waals surface area contributed by atoms with E-state index in [9.17, 15) is 13.2 Å². The molecule has 2 aromatic carbocycles. The van der Waals surface area contributed by atoms with Crippen LogP contribution in [0.25, 0.3) is 0 Å². The maximum atomic E-state index is 12.5. The third kappa shape index (κ3) is 5.15. The molecule has 4 rings (SSSR count). The van der Waals surface area contributed by atoms with Crippen LogP contribution >= 0.6 is 11.3 Å². The second kappa shape index (κ2) is 9.21. The van der Waals surface area contributed by atoms with Crippen LogP contribution in [0, 0.1) is 0 Å². The summed E-state index contributed by atoms with van der Waals surface area (Å²) in [7, 11) is -1.53. The van der Waals surface area contributed by atoms with Crippen molar-refractivity contribution in [2.75, 3.05) is 18.5 Å². The summed E-state index contributed by atoms with van der Waals surface area (Å²) >= 11 is 1.49. The fraction of sp³-hybridized carbons (Fsp3) is 0.261. The molecule has 2 heterocycles. The fourth-order valence-corrected chi connectivity index (χ4v) is 5.42. The zero-order valence-electron chi connectivity index (χ0n) is 17.3. The number of amides is 1. The van der Waals surface area contributed by atoms with Gasteiger partial charge in [0.2, 0.25) is 10.0 Å². The third-order valence-electron chi connectivity index (χ3n) is 5.39. The zero-order chi connectivity index (χ0) is 21.8. The van der Waals surface area contributed by atoms with Crippen molar-refractivity contribution in [1.29, 1.82) is 0 Å². The van der Waals surface area contributed by atoms with E-state index in [1.165, 1.54) is 46.9 Å². The van der Waals surface area contributed by atoms with Gasteiger partial charge in [-0.15, -0.1) is 11.3 Å². The summed E-state index contributed by atoms with van der Waals surface area (Å²) in [5, 5.41) is 4.82. The van der Waals surface area contributed by atoms with E-state index in [-0.39, 0.29) is 17.3 Å². The van der Waals surface area contributed by atoms with Crippen molar-refractivity contribution in [2.24, 2.45) is 0 Å². The first-order valence-electron chi connectivity index (χ1n) is 10.2. The van der Waals surface area contributed by atoms with E-state index < -0.39 is 10.0 Å². The van der Waals surface area contributed by atoms with Crippen LogP contribution in [-0.2, 0) is 29.5 Å². The Morgan fingerprint density at radius 3 is 2.65 bits per heavy atom. The van der Waals surface area contributed by atoms with E-state index in [4.69, 9.17) is 0 Å². The molecule has 3 aromatic rings. The van der Waals surface area contributed by atoms with Gasteiger partial charge in [-0.05, 0) is 65.7 Å². The second-order valence-electron chi connectivity index (χ2n) is 7.60. The molecule has 0 saturated heterocycles. The number of anilines is 1. The molecule has 0 atom stereocenters. The number of benzene rings is 2. The first-order chi connectivity index (χ1) is 14.9. The van der Waals surface area contributed by atoms with E-state index in [0.29, 0.717) is 12.1 Å². The van der Waals surface area contributed by atoms with Gasteiger partial charge < -0.3 is 10.2 Å². The Kier molecular flexibility index (Phi) is 6.41. The minimum absolute atomic E-state index is 0.138. The van der Waals surface area contributed by atoms with Crippen LogP contribution in [0.4, 0.5) is 5.69 Å². The maximum absolute atomic E-state index is 12.5. The van der Waals surface area contributed by atoms with Crippen molar-refractivity contribution in [1.82, 2.24) is 10.0 Å². The zero-order valence-corrected chi connectivity index (χ0v) is 18.9. The molecule has 0 aliphatic carbocycles. The molecule has 1 aliphatic heterocycles. The Bertz CT molecular complexity index is 1160. The van der Waals surface area contributed by atoms with Crippen LogP contribution in [-0.4, -0.2) is 27.9 Å². The predicted octanol–water partition coefficient (Wildman–Crippen LogP) is 3.54. The minimum atomic E-state index is -3.63. The molecule has 1 amide bonds. The molecule has 0 spiro atoms. The Morgan fingerprint density at radius 2 is 1.90 bits per heavy atom. The number of hydrogen-bond acceptors (Lipinski definition) is 5. The third-order valence-corrected chi connectivity index (χ3v) is 7.68. The number of hydrogen-bond donors (Lipinski definition) is 2. The van der Waals surface area contributed by atoms with Crippen molar-refractivity contribution < 1.29 is 13.2 Å². The summed E-state index contributed by atoms with van der Waals surface area (Å²) in [6, 6.07) is 16.1. The van der Waals surface area contributed by atoms with E-state index in [0.717, 1.165) is 29.8 Å². The van der Waals surface area contributed by atoms with Crippen molar-refractivity contribution in [3.8, 4) is 0 Å². The number of nitrogens with one attached hydrogen (secondary N) is 2. The molecular weight excluding hydrogens is 430 g/mol. The van der Waals surface area contributed by atoms with Gasteiger partial charge in [0.05, 0.1) is 4.90 Å². The lowest BCUT2D eigenvalue weighted by molar-refractivity contribution is 0.0951. The molecule has 1 aliphatic rings. The van der Waals surface area contributed by atoms with Gasteiger partial charge in [-0.2, -0.15) is 0 Å². The van der Waals surface area contributed by atoms with Crippen LogP contribution < -0.4 is 14.9 Å². The van der Waals surface area contributed by atoms with E-state index in [1.54, 1.807) is 0 Å². The number of aryl methyl sites for hydroxylation is 1. The number of rotatable bonds is 7. The lowest BCUT2D eigenvalue weighted by atomic mass is 9.99. The monoisotopic (exact) mass is 455 g/mol. The van der Waals surface area contributed by atoms with Crippen LogP contribution in [0.15, 0.2) is 64.9 Å². The molecule has 1 aromatic heterocycles. The number of carbonyl (C=O) groups is 1. The minimum Gasteiger partial charge on any atom is -0.374 e. The molecule has 2 N–H and O–H groups in total. The fourth-order valence-electron chi connectivity index (χ4n) is 3.68. The summed E-state index contributed by atoms with van der Waals surface area (Å²) in [6.45, 7) is 1.75. The second-order valence-corrected chi connectivity index (χ2v) is 10.4. The molecule has 0 radical (unpaired) electrons. The Balaban J connectivity index is 1.36. The summed E-state index contributed by atoms with van der Waals surface area (Å²) in [5.74, 6) is -0.231. The first kappa shape index (κ1) is 21.5. The van der Waals surface area contributed by atoms with Crippen molar-refractivity contribution >= 4 is 33.0 Å². The summed E-state index contributed by atoms with van der Waals surface area (Å²) in [5.41, 5.74) is 4.05. The highest BCUT2D eigenvalue weighted by atomic mass is 32.2. The van der Waals surface area contributed by atoms with Crippen molar-refractivity contribution in [3.63, 3.8) is 0 Å². The van der Waals surface area contributed by atoms with E-state index in [1.807, 2.05) is 23.6 Å². The van der Waals surface area contributed by atoms with Gasteiger partial charge in [-0.3, -0.25) is 4.79 Å². The van der Waals surface area contributed by atoms with Gasteiger partial charge in [0.15, 0.2) is 0 Å². The Labute approximate surface area is 187 Å². The molecule has 0 fully saturated rings. The average molecular weight is 456 g/mol. The van der Waals surface area contributed by atoms with Gasteiger partial charge in [-0.1, -0.05) is 18.2 Å². The Hall–Kier alpha value is -2.68. The SMILES string of the molecule is CN1CCCc2cc(CNC(=O)c3ccc(S(=O)(=O)NCc4cccs4)cc3)ccc21. The average Bonchev–Trinajstić information content (AvgIpc) is 3.30.